The highest BCUT2D eigenvalue weighted by molar-refractivity contribution is 5.57. The molecule has 0 aliphatic rings. The summed E-state index contributed by atoms with van der Waals surface area (Å²) in [6.45, 7) is 1.85. The molecule has 0 saturated heterocycles. The summed E-state index contributed by atoms with van der Waals surface area (Å²) in [5.74, 6) is 0. The van der Waals surface area contributed by atoms with Gasteiger partial charge in [0.05, 0.1) is 22.7 Å². The quantitative estimate of drug-likeness (QED) is 0.473. The Bertz CT molecular complexity index is 769. The Morgan fingerprint density at radius 2 is 1.33 bits per heavy atom. The summed E-state index contributed by atoms with van der Waals surface area (Å²) in [6, 6.07) is 11.8. The minimum absolute atomic E-state index is 0.510. The standard InChI is InChI=1S/C15H10N4O2/c1-11-8-14(17-10-21)6-7-15(11)19-18-13-4-2-12(3-5-13)16-9-20/h2-8H,1H3. The van der Waals surface area contributed by atoms with Crippen molar-refractivity contribution in [3.05, 3.63) is 48.0 Å². The molecule has 6 heteroatoms. The van der Waals surface area contributed by atoms with Crippen molar-refractivity contribution in [1.82, 2.24) is 0 Å². The van der Waals surface area contributed by atoms with Crippen molar-refractivity contribution in [2.75, 3.05) is 0 Å². The molecule has 2 aromatic rings. The van der Waals surface area contributed by atoms with Gasteiger partial charge in [0.25, 0.3) is 0 Å². The third-order valence-electron chi connectivity index (χ3n) is 2.65. The number of hydrogen-bond donors (Lipinski definition) is 0. The molecule has 0 bridgehead atoms. The van der Waals surface area contributed by atoms with Crippen molar-refractivity contribution in [2.24, 2.45) is 20.2 Å². The molecular formula is C15H10N4O2. The first-order valence-corrected chi connectivity index (χ1v) is 6.01. The van der Waals surface area contributed by atoms with E-state index in [9.17, 15) is 9.59 Å². The van der Waals surface area contributed by atoms with E-state index in [0.717, 1.165) is 5.56 Å². The van der Waals surface area contributed by atoms with Crippen LogP contribution in [0.2, 0.25) is 0 Å². The van der Waals surface area contributed by atoms with E-state index in [4.69, 9.17) is 0 Å². The lowest BCUT2D eigenvalue weighted by Gasteiger charge is -1.99. The summed E-state index contributed by atoms with van der Waals surface area (Å²) >= 11 is 0. The zero-order valence-corrected chi connectivity index (χ0v) is 11.1. The van der Waals surface area contributed by atoms with Crippen LogP contribution in [-0.4, -0.2) is 12.2 Å². The van der Waals surface area contributed by atoms with Gasteiger partial charge < -0.3 is 0 Å². The van der Waals surface area contributed by atoms with E-state index >= 15 is 0 Å². The molecule has 0 heterocycles. The predicted molar refractivity (Wildman–Crippen MR) is 77.4 cm³/mol. The van der Waals surface area contributed by atoms with Crippen molar-refractivity contribution in [3.8, 4) is 0 Å². The molecule has 0 fully saturated rings. The Morgan fingerprint density at radius 3 is 1.95 bits per heavy atom. The van der Waals surface area contributed by atoms with Crippen LogP contribution in [0, 0.1) is 6.92 Å². The number of rotatable bonds is 4. The van der Waals surface area contributed by atoms with Crippen molar-refractivity contribution in [1.29, 1.82) is 0 Å². The number of hydrogen-bond acceptors (Lipinski definition) is 6. The Kier molecular flexibility index (Phi) is 4.62. The van der Waals surface area contributed by atoms with E-state index in [2.05, 4.69) is 20.2 Å². The number of carbonyl (C=O) groups excluding carboxylic acids is 2. The lowest BCUT2D eigenvalue weighted by Crippen LogP contribution is -1.73. The average Bonchev–Trinajstić information content (AvgIpc) is 2.49. The van der Waals surface area contributed by atoms with Gasteiger partial charge in [-0.1, -0.05) is 0 Å². The fourth-order valence-electron chi connectivity index (χ4n) is 1.63. The Hall–Kier alpha value is -3.20. The molecule has 0 unspecified atom stereocenters. The summed E-state index contributed by atoms with van der Waals surface area (Å²) in [7, 11) is 0. The summed E-state index contributed by atoms with van der Waals surface area (Å²) < 4.78 is 0. The monoisotopic (exact) mass is 278 g/mol. The van der Waals surface area contributed by atoms with Gasteiger partial charge in [-0.25, -0.2) is 9.59 Å². The molecule has 102 valence electrons. The molecule has 0 aliphatic heterocycles. The van der Waals surface area contributed by atoms with Crippen LogP contribution in [0.1, 0.15) is 5.56 Å². The lowest BCUT2D eigenvalue weighted by molar-refractivity contribution is 0.564. The van der Waals surface area contributed by atoms with Crippen molar-refractivity contribution in [3.63, 3.8) is 0 Å². The van der Waals surface area contributed by atoms with Crippen LogP contribution in [-0.2, 0) is 9.59 Å². The van der Waals surface area contributed by atoms with Crippen LogP contribution in [0.5, 0.6) is 0 Å². The predicted octanol–water partition coefficient (Wildman–Crippen LogP) is 4.35. The molecule has 2 rings (SSSR count). The topological polar surface area (TPSA) is 83.6 Å². The van der Waals surface area contributed by atoms with Gasteiger partial charge in [0.2, 0.25) is 12.2 Å². The first-order valence-electron chi connectivity index (χ1n) is 6.01. The van der Waals surface area contributed by atoms with Gasteiger partial charge in [0.1, 0.15) is 0 Å². The Morgan fingerprint density at radius 1 is 0.762 bits per heavy atom. The highest BCUT2D eigenvalue weighted by Gasteiger charge is 1.99. The van der Waals surface area contributed by atoms with Crippen molar-refractivity contribution < 1.29 is 9.59 Å². The summed E-state index contributed by atoms with van der Waals surface area (Å²) in [5.41, 5.74) is 3.19. The minimum atomic E-state index is 0.510. The summed E-state index contributed by atoms with van der Waals surface area (Å²) in [4.78, 5) is 27.3. The zero-order valence-electron chi connectivity index (χ0n) is 11.1. The number of isocyanates is 2. The second kappa shape index (κ2) is 6.82. The Labute approximate surface area is 120 Å². The summed E-state index contributed by atoms with van der Waals surface area (Å²) in [6.07, 6.45) is 2.96. The maximum Gasteiger partial charge on any atom is 0.240 e. The highest BCUT2D eigenvalue weighted by Crippen LogP contribution is 2.26. The van der Waals surface area contributed by atoms with Crippen LogP contribution < -0.4 is 0 Å². The van der Waals surface area contributed by atoms with E-state index in [1.807, 2.05) is 6.92 Å². The molecule has 0 aromatic heterocycles. The van der Waals surface area contributed by atoms with Gasteiger partial charge in [-0.2, -0.15) is 20.2 Å². The molecule has 6 nitrogen and oxygen atoms in total. The minimum Gasteiger partial charge on any atom is -0.211 e. The van der Waals surface area contributed by atoms with Crippen molar-refractivity contribution >= 4 is 34.9 Å². The van der Waals surface area contributed by atoms with Gasteiger partial charge in [-0.15, -0.1) is 0 Å². The molecule has 0 amide bonds. The average molecular weight is 278 g/mol. The highest BCUT2D eigenvalue weighted by atomic mass is 16.1. The normalized spacial score (nSPS) is 9.95. The fourth-order valence-corrected chi connectivity index (χ4v) is 1.63. The Balaban J connectivity index is 2.20. The lowest BCUT2D eigenvalue weighted by atomic mass is 10.2. The molecule has 2 aromatic carbocycles. The van der Waals surface area contributed by atoms with Gasteiger partial charge >= 0.3 is 0 Å². The third kappa shape index (κ3) is 3.88. The van der Waals surface area contributed by atoms with Gasteiger partial charge in [-0.05, 0) is 55.0 Å². The molecule has 0 radical (unpaired) electrons. The maximum atomic E-state index is 10.2. The van der Waals surface area contributed by atoms with Crippen LogP contribution >= 0.6 is 0 Å². The van der Waals surface area contributed by atoms with Crippen LogP contribution in [0.3, 0.4) is 0 Å². The molecular weight excluding hydrogens is 268 g/mol. The third-order valence-corrected chi connectivity index (χ3v) is 2.65. The van der Waals surface area contributed by atoms with Gasteiger partial charge in [0, 0.05) is 0 Å². The van der Waals surface area contributed by atoms with Crippen LogP contribution in [0.4, 0.5) is 22.7 Å². The van der Waals surface area contributed by atoms with Crippen LogP contribution in [0.25, 0.3) is 0 Å². The SMILES string of the molecule is Cc1cc(N=C=O)ccc1N=Nc1ccc(N=C=O)cc1. The smallest absolute Gasteiger partial charge is 0.211 e. The second-order valence-corrected chi connectivity index (χ2v) is 4.09. The summed E-state index contributed by atoms with van der Waals surface area (Å²) in [5, 5.41) is 8.22. The van der Waals surface area contributed by atoms with Gasteiger partial charge in [-0.3, -0.25) is 0 Å². The van der Waals surface area contributed by atoms with E-state index in [-0.39, 0.29) is 0 Å². The van der Waals surface area contributed by atoms with Crippen LogP contribution in [0.15, 0.2) is 62.7 Å². The molecule has 0 spiro atoms. The zero-order chi connectivity index (χ0) is 15.1. The first kappa shape index (κ1) is 14.2. The number of azo groups is 1. The second-order valence-electron chi connectivity index (χ2n) is 4.09. The van der Waals surface area contributed by atoms with E-state index in [1.165, 1.54) is 12.2 Å². The first-order chi connectivity index (χ1) is 10.2. The fraction of sp³-hybridized carbons (Fsp3) is 0.0667. The molecule has 21 heavy (non-hydrogen) atoms. The largest absolute Gasteiger partial charge is 0.240 e. The van der Waals surface area contributed by atoms with Gasteiger partial charge in [0.15, 0.2) is 0 Å². The molecule has 0 aliphatic carbocycles. The van der Waals surface area contributed by atoms with Crippen molar-refractivity contribution in [2.45, 2.75) is 6.92 Å². The van der Waals surface area contributed by atoms with E-state index in [0.29, 0.717) is 22.7 Å². The number of nitrogens with zero attached hydrogens (tertiary/aromatic N) is 4. The van der Waals surface area contributed by atoms with E-state index < -0.39 is 0 Å². The number of benzene rings is 2. The maximum absolute atomic E-state index is 10.2. The van der Waals surface area contributed by atoms with E-state index in [1.54, 1.807) is 42.5 Å². The molecule has 0 N–H and O–H groups in total. The number of aliphatic imine (C=N–C) groups is 2. The molecule has 0 saturated carbocycles. The number of aryl methyl sites for hydroxylation is 1. The molecule has 0 atom stereocenters.